The molecule has 110 valence electrons. The first-order valence-electron chi connectivity index (χ1n) is 6.16. The molecule has 1 saturated carbocycles. The number of hydrogen-bond donors (Lipinski definition) is 0. The largest absolute Gasteiger partial charge is 0.573 e. The van der Waals surface area contributed by atoms with Gasteiger partial charge in [0.25, 0.3) is 5.19 Å². The van der Waals surface area contributed by atoms with Crippen molar-refractivity contribution in [2.75, 3.05) is 0 Å². The first-order valence-corrected chi connectivity index (χ1v) is 7.04. The average molecular weight is 313 g/mol. The normalized spacial score (nSPS) is 14.0. The minimum Gasteiger partial charge on any atom is -0.431 e. The van der Waals surface area contributed by atoms with Crippen LogP contribution in [-0.2, 0) is 0 Å². The molecule has 1 aliphatic carbocycles. The molecular weight excluding hydrogens is 303 g/mol. The van der Waals surface area contributed by atoms with Gasteiger partial charge < -0.3 is 9.47 Å². The summed E-state index contributed by atoms with van der Waals surface area (Å²) < 4.78 is 45.7. The van der Waals surface area contributed by atoms with E-state index >= 15 is 0 Å². The maximum atomic E-state index is 12.2. The minimum atomic E-state index is -4.72. The smallest absolute Gasteiger partial charge is 0.431 e. The Morgan fingerprint density at radius 3 is 2.67 bits per heavy atom. The first kappa shape index (κ1) is 13.9. The third-order valence-electron chi connectivity index (χ3n) is 2.64. The number of aromatic nitrogens is 1. The fraction of sp³-hybridized carbons (Fsp3) is 0.214. The molecule has 0 amide bonds. The van der Waals surface area contributed by atoms with Gasteiger partial charge >= 0.3 is 6.36 Å². The maximum Gasteiger partial charge on any atom is 0.573 e. The minimum absolute atomic E-state index is 0.247. The van der Waals surface area contributed by atoms with Gasteiger partial charge in [0.05, 0.1) is 5.69 Å². The summed E-state index contributed by atoms with van der Waals surface area (Å²) in [4.78, 5) is 4.25. The standard InChI is InChI=1S/C14H10F3NO2S/c15-14(16,17)20-12-3-1-2-11(7-12)19-13-18-10(8-21-13)6-9-4-5-9/h1-3,6-8H,4-5H2. The van der Waals surface area contributed by atoms with Crippen molar-refractivity contribution in [1.82, 2.24) is 4.98 Å². The lowest BCUT2D eigenvalue weighted by Crippen LogP contribution is -2.16. The molecule has 1 aliphatic rings. The highest BCUT2D eigenvalue weighted by atomic mass is 32.1. The molecular formula is C14H10F3NO2S. The van der Waals surface area contributed by atoms with Gasteiger partial charge in [-0.15, -0.1) is 13.2 Å². The van der Waals surface area contributed by atoms with E-state index in [-0.39, 0.29) is 11.5 Å². The quantitative estimate of drug-likeness (QED) is 0.795. The summed E-state index contributed by atoms with van der Waals surface area (Å²) in [6.45, 7) is 0. The van der Waals surface area contributed by atoms with Crippen molar-refractivity contribution in [3.05, 3.63) is 40.9 Å². The third kappa shape index (κ3) is 4.22. The monoisotopic (exact) mass is 313 g/mol. The lowest BCUT2D eigenvalue weighted by Gasteiger charge is -2.09. The second-order valence-corrected chi connectivity index (χ2v) is 5.29. The van der Waals surface area contributed by atoms with Crippen molar-refractivity contribution in [3.63, 3.8) is 0 Å². The van der Waals surface area contributed by atoms with Crippen molar-refractivity contribution in [3.8, 4) is 16.7 Å². The molecule has 1 aromatic carbocycles. The summed E-state index contributed by atoms with van der Waals surface area (Å²) in [7, 11) is 0. The van der Waals surface area contributed by atoms with E-state index in [9.17, 15) is 13.2 Å². The summed E-state index contributed by atoms with van der Waals surface area (Å²) >= 11 is 1.29. The van der Waals surface area contributed by atoms with E-state index in [0.29, 0.717) is 5.19 Å². The van der Waals surface area contributed by atoms with Crippen LogP contribution in [-0.4, -0.2) is 11.3 Å². The van der Waals surface area contributed by atoms with Gasteiger partial charge in [0.1, 0.15) is 11.5 Å². The molecule has 2 aromatic rings. The number of rotatable bonds is 4. The molecule has 21 heavy (non-hydrogen) atoms. The van der Waals surface area contributed by atoms with Crippen LogP contribution < -0.4 is 9.47 Å². The Hall–Kier alpha value is -2.02. The maximum absolute atomic E-state index is 12.2. The van der Waals surface area contributed by atoms with Gasteiger partial charge in [-0.05, 0) is 31.1 Å². The Kier molecular flexibility index (Phi) is 3.59. The van der Waals surface area contributed by atoms with Gasteiger partial charge in [-0.25, -0.2) is 4.98 Å². The van der Waals surface area contributed by atoms with E-state index in [1.54, 1.807) is 6.07 Å². The second kappa shape index (κ2) is 5.40. The zero-order valence-corrected chi connectivity index (χ0v) is 11.5. The average Bonchev–Trinajstić information content (AvgIpc) is 3.07. The van der Waals surface area contributed by atoms with Gasteiger partial charge in [0.15, 0.2) is 0 Å². The van der Waals surface area contributed by atoms with Crippen LogP contribution in [0.1, 0.15) is 18.5 Å². The number of hydrogen-bond acceptors (Lipinski definition) is 4. The summed E-state index contributed by atoms with van der Waals surface area (Å²) in [6, 6.07) is 5.36. The van der Waals surface area contributed by atoms with Crippen LogP contribution >= 0.6 is 11.3 Å². The summed E-state index contributed by atoms with van der Waals surface area (Å²) in [5.41, 5.74) is 2.15. The van der Waals surface area contributed by atoms with Crippen molar-refractivity contribution < 1.29 is 22.6 Å². The van der Waals surface area contributed by atoms with Gasteiger partial charge in [-0.2, -0.15) is 0 Å². The lowest BCUT2D eigenvalue weighted by molar-refractivity contribution is -0.274. The summed E-state index contributed by atoms with van der Waals surface area (Å²) in [6.07, 6.45) is -0.523. The fourth-order valence-electron chi connectivity index (χ4n) is 1.64. The Morgan fingerprint density at radius 2 is 1.95 bits per heavy atom. The molecule has 1 heterocycles. The molecule has 0 radical (unpaired) electrons. The van der Waals surface area contributed by atoms with E-state index in [0.717, 1.165) is 18.5 Å². The predicted molar refractivity (Wildman–Crippen MR) is 72.5 cm³/mol. The van der Waals surface area contributed by atoms with Crippen molar-refractivity contribution in [2.24, 2.45) is 0 Å². The molecule has 0 atom stereocenters. The highest BCUT2D eigenvalue weighted by molar-refractivity contribution is 7.11. The van der Waals surface area contributed by atoms with E-state index in [1.807, 2.05) is 11.5 Å². The topological polar surface area (TPSA) is 31.4 Å². The third-order valence-corrected chi connectivity index (χ3v) is 3.37. The van der Waals surface area contributed by atoms with Crippen LogP contribution in [0.3, 0.4) is 0 Å². The molecule has 1 fully saturated rings. The first-order chi connectivity index (χ1) is 9.98. The number of ether oxygens (including phenoxy) is 2. The fourth-order valence-corrected chi connectivity index (χ4v) is 2.29. The second-order valence-electron chi connectivity index (χ2n) is 4.47. The molecule has 0 saturated heterocycles. The number of benzene rings is 1. The zero-order valence-electron chi connectivity index (χ0n) is 10.7. The molecule has 0 bridgehead atoms. The zero-order chi connectivity index (χ0) is 14.9. The Morgan fingerprint density at radius 1 is 1.19 bits per heavy atom. The number of halogens is 3. The van der Waals surface area contributed by atoms with Crippen molar-refractivity contribution in [1.29, 1.82) is 0 Å². The molecule has 7 heteroatoms. The van der Waals surface area contributed by atoms with Gasteiger partial charge in [-0.3, -0.25) is 0 Å². The Labute approximate surface area is 122 Å². The SMILES string of the molecule is FC(F)(F)Oc1cccc(Oc2nc(C=C3CC3)cs2)c1. The number of thiazole rings is 1. The van der Waals surface area contributed by atoms with Crippen LogP contribution in [0.15, 0.2) is 35.2 Å². The van der Waals surface area contributed by atoms with E-state index < -0.39 is 6.36 Å². The summed E-state index contributed by atoms with van der Waals surface area (Å²) in [5.74, 6) is -0.0754. The van der Waals surface area contributed by atoms with Crippen LogP contribution in [0.25, 0.3) is 6.08 Å². The number of alkyl halides is 3. The van der Waals surface area contributed by atoms with Gasteiger partial charge in [-0.1, -0.05) is 23.0 Å². The van der Waals surface area contributed by atoms with Crippen LogP contribution in [0, 0.1) is 0 Å². The van der Waals surface area contributed by atoms with Crippen molar-refractivity contribution >= 4 is 17.4 Å². The molecule has 3 nitrogen and oxygen atoms in total. The van der Waals surface area contributed by atoms with Crippen molar-refractivity contribution in [2.45, 2.75) is 19.2 Å². The number of allylic oxidation sites excluding steroid dienone is 1. The molecule has 0 unspecified atom stereocenters. The van der Waals surface area contributed by atoms with Gasteiger partial charge in [0, 0.05) is 11.4 Å². The van der Waals surface area contributed by atoms with Crippen LogP contribution in [0.2, 0.25) is 0 Å². The van der Waals surface area contributed by atoms with E-state index in [4.69, 9.17) is 4.74 Å². The summed E-state index contributed by atoms with van der Waals surface area (Å²) in [5, 5.41) is 2.23. The molecule has 1 aromatic heterocycles. The Balaban J connectivity index is 1.70. The van der Waals surface area contributed by atoms with Gasteiger partial charge in [0.2, 0.25) is 0 Å². The van der Waals surface area contributed by atoms with Crippen LogP contribution in [0.4, 0.5) is 13.2 Å². The van der Waals surface area contributed by atoms with Crippen LogP contribution in [0.5, 0.6) is 16.7 Å². The molecule has 0 N–H and O–H groups in total. The molecule has 0 aliphatic heterocycles. The van der Waals surface area contributed by atoms with E-state index in [2.05, 4.69) is 9.72 Å². The highest BCUT2D eigenvalue weighted by Crippen LogP contribution is 2.33. The molecule has 0 spiro atoms. The van der Waals surface area contributed by atoms with E-state index in [1.165, 1.54) is 35.1 Å². The molecule has 3 rings (SSSR count). The highest BCUT2D eigenvalue weighted by Gasteiger charge is 2.31. The predicted octanol–water partition coefficient (Wildman–Crippen LogP) is 5.01. The Bertz CT molecular complexity index is 673. The lowest BCUT2D eigenvalue weighted by atomic mass is 10.3. The number of nitrogens with zero attached hydrogens (tertiary/aromatic N) is 1.